The molecule has 0 bridgehead atoms. The van der Waals surface area contributed by atoms with Gasteiger partial charge in [-0.05, 0) is 63.8 Å². The van der Waals surface area contributed by atoms with Gasteiger partial charge in [-0.15, -0.1) is 0 Å². The number of hydrogen-bond donors (Lipinski definition) is 2. The standard InChI is InChI=1S/C38H60N2O2/c1-5-7-9-11-13-15-17-19-21-23-35(33-29-31(3)25-27-37(33)41)39-40-36(34-30-32(4)26-28-38(34)42)24-22-20-18-16-14-12-10-8-6-2/h25-30,41-42H,5-24H2,1-4H3. The van der Waals surface area contributed by atoms with Gasteiger partial charge >= 0.3 is 0 Å². The third-order valence-corrected chi connectivity index (χ3v) is 8.25. The van der Waals surface area contributed by atoms with Crippen LogP contribution in [0.3, 0.4) is 0 Å². The Morgan fingerprint density at radius 1 is 0.476 bits per heavy atom. The van der Waals surface area contributed by atoms with E-state index in [0.29, 0.717) is 0 Å². The average molecular weight is 577 g/mol. The van der Waals surface area contributed by atoms with Crippen molar-refractivity contribution in [1.82, 2.24) is 0 Å². The molecular formula is C38H60N2O2. The number of phenols is 2. The molecule has 4 heteroatoms. The Kier molecular flexibility index (Phi) is 18.6. The van der Waals surface area contributed by atoms with E-state index < -0.39 is 0 Å². The molecule has 0 spiro atoms. The van der Waals surface area contributed by atoms with E-state index in [-0.39, 0.29) is 11.5 Å². The fraction of sp³-hybridized carbons (Fsp3) is 0.632. The zero-order chi connectivity index (χ0) is 30.4. The van der Waals surface area contributed by atoms with Gasteiger partial charge in [-0.2, -0.15) is 10.2 Å². The van der Waals surface area contributed by atoms with Crippen LogP contribution in [0.2, 0.25) is 0 Å². The number of rotatable bonds is 23. The van der Waals surface area contributed by atoms with E-state index in [1.807, 2.05) is 38.1 Å². The van der Waals surface area contributed by atoms with E-state index in [1.54, 1.807) is 12.1 Å². The van der Waals surface area contributed by atoms with E-state index in [0.717, 1.165) is 72.2 Å². The van der Waals surface area contributed by atoms with Gasteiger partial charge in [-0.25, -0.2) is 0 Å². The molecule has 0 heterocycles. The van der Waals surface area contributed by atoms with Crippen molar-refractivity contribution in [2.75, 3.05) is 0 Å². The lowest BCUT2D eigenvalue weighted by Gasteiger charge is -2.11. The highest BCUT2D eigenvalue weighted by atomic mass is 16.3. The Morgan fingerprint density at radius 3 is 1.12 bits per heavy atom. The minimum Gasteiger partial charge on any atom is -0.507 e. The highest BCUT2D eigenvalue weighted by molar-refractivity contribution is 6.05. The zero-order valence-corrected chi connectivity index (χ0v) is 27.4. The highest BCUT2D eigenvalue weighted by Gasteiger charge is 2.13. The van der Waals surface area contributed by atoms with Crippen molar-refractivity contribution in [2.45, 2.75) is 156 Å². The maximum atomic E-state index is 10.7. The molecule has 0 atom stereocenters. The van der Waals surface area contributed by atoms with Crippen molar-refractivity contribution < 1.29 is 10.2 Å². The summed E-state index contributed by atoms with van der Waals surface area (Å²) in [6.07, 6.45) is 24.3. The maximum Gasteiger partial charge on any atom is 0.124 e. The molecule has 0 aliphatic rings. The number of nitrogens with zero attached hydrogens (tertiary/aromatic N) is 2. The Labute approximate surface area is 257 Å². The number of aryl methyl sites for hydroxylation is 2. The Bertz CT molecular complexity index is 987. The molecular weight excluding hydrogens is 516 g/mol. The molecule has 0 radical (unpaired) electrons. The summed E-state index contributed by atoms with van der Waals surface area (Å²) in [4.78, 5) is 0. The van der Waals surface area contributed by atoms with E-state index in [2.05, 4.69) is 13.8 Å². The number of benzene rings is 2. The van der Waals surface area contributed by atoms with Crippen molar-refractivity contribution in [2.24, 2.45) is 10.2 Å². The molecule has 2 N–H and O–H groups in total. The summed E-state index contributed by atoms with van der Waals surface area (Å²) >= 11 is 0. The van der Waals surface area contributed by atoms with Gasteiger partial charge in [0.05, 0.1) is 11.4 Å². The van der Waals surface area contributed by atoms with E-state index in [1.165, 1.54) is 89.9 Å². The third-order valence-electron chi connectivity index (χ3n) is 8.25. The van der Waals surface area contributed by atoms with Crippen LogP contribution in [-0.2, 0) is 0 Å². The largest absolute Gasteiger partial charge is 0.507 e. The van der Waals surface area contributed by atoms with Crippen LogP contribution < -0.4 is 0 Å². The topological polar surface area (TPSA) is 65.2 Å². The zero-order valence-electron chi connectivity index (χ0n) is 27.4. The lowest BCUT2D eigenvalue weighted by Crippen LogP contribution is -2.05. The minimum atomic E-state index is 0.254. The second kappa shape index (κ2) is 22.0. The van der Waals surface area contributed by atoms with Gasteiger partial charge in [0.1, 0.15) is 11.5 Å². The number of phenolic OH excluding ortho intramolecular Hbond substituents is 2. The van der Waals surface area contributed by atoms with Crippen LogP contribution in [0.1, 0.15) is 165 Å². The van der Waals surface area contributed by atoms with Gasteiger partial charge in [0.25, 0.3) is 0 Å². The van der Waals surface area contributed by atoms with Crippen LogP contribution in [0.5, 0.6) is 11.5 Å². The van der Waals surface area contributed by atoms with Crippen molar-refractivity contribution >= 4 is 11.4 Å². The molecule has 0 aliphatic heterocycles. The lowest BCUT2D eigenvalue weighted by atomic mass is 9.99. The first-order valence-corrected chi connectivity index (χ1v) is 17.2. The van der Waals surface area contributed by atoms with Crippen molar-refractivity contribution in [3.63, 3.8) is 0 Å². The summed E-state index contributed by atoms with van der Waals surface area (Å²) in [5.41, 5.74) is 5.39. The second-order valence-corrected chi connectivity index (χ2v) is 12.3. The van der Waals surface area contributed by atoms with Crippen molar-refractivity contribution in [3.05, 3.63) is 58.7 Å². The SMILES string of the molecule is CCCCCCCCCCCC(=NN=C(CCCCCCCCCCC)c1cc(C)ccc1O)c1cc(C)ccc1O. The number of unbranched alkanes of at least 4 members (excludes halogenated alkanes) is 16. The van der Waals surface area contributed by atoms with Crippen LogP contribution in [0.15, 0.2) is 46.6 Å². The van der Waals surface area contributed by atoms with Gasteiger partial charge in [0, 0.05) is 11.1 Å². The Hall–Kier alpha value is -2.62. The van der Waals surface area contributed by atoms with Crippen LogP contribution >= 0.6 is 0 Å². The fourth-order valence-electron chi connectivity index (χ4n) is 5.57. The monoisotopic (exact) mass is 576 g/mol. The van der Waals surface area contributed by atoms with Gasteiger partial charge in [-0.3, -0.25) is 0 Å². The fourth-order valence-corrected chi connectivity index (χ4v) is 5.57. The lowest BCUT2D eigenvalue weighted by molar-refractivity contribution is 0.473. The minimum absolute atomic E-state index is 0.254. The first-order valence-electron chi connectivity index (χ1n) is 17.2. The molecule has 0 unspecified atom stereocenters. The molecule has 0 saturated carbocycles. The van der Waals surface area contributed by atoms with E-state index in [4.69, 9.17) is 10.2 Å². The summed E-state index contributed by atoms with van der Waals surface area (Å²) in [7, 11) is 0. The maximum absolute atomic E-state index is 10.7. The van der Waals surface area contributed by atoms with Crippen molar-refractivity contribution in [1.29, 1.82) is 0 Å². The molecule has 0 aromatic heterocycles. The average Bonchev–Trinajstić information content (AvgIpc) is 2.98. The molecule has 0 fully saturated rings. The number of aromatic hydroxyl groups is 2. The third kappa shape index (κ3) is 14.5. The highest BCUT2D eigenvalue weighted by Crippen LogP contribution is 2.25. The van der Waals surface area contributed by atoms with Crippen LogP contribution in [0, 0.1) is 13.8 Å². The smallest absolute Gasteiger partial charge is 0.124 e. The number of hydrogen-bond acceptors (Lipinski definition) is 4. The Morgan fingerprint density at radius 2 is 0.786 bits per heavy atom. The van der Waals surface area contributed by atoms with Crippen LogP contribution in [0.4, 0.5) is 0 Å². The van der Waals surface area contributed by atoms with Gasteiger partial charge < -0.3 is 10.2 Å². The van der Waals surface area contributed by atoms with E-state index in [9.17, 15) is 10.2 Å². The molecule has 2 rings (SSSR count). The molecule has 0 amide bonds. The van der Waals surface area contributed by atoms with Gasteiger partial charge in [-0.1, -0.05) is 140 Å². The first-order chi connectivity index (χ1) is 20.5. The predicted octanol–water partition coefficient (Wildman–Crippen LogP) is 11.7. The summed E-state index contributed by atoms with van der Waals surface area (Å²) in [5, 5.41) is 31.1. The quantitative estimate of drug-likeness (QED) is 0.0785. The molecule has 4 nitrogen and oxygen atoms in total. The predicted molar refractivity (Wildman–Crippen MR) is 182 cm³/mol. The van der Waals surface area contributed by atoms with E-state index >= 15 is 0 Å². The Balaban J connectivity index is 2.13. The summed E-state index contributed by atoms with van der Waals surface area (Å²) in [6, 6.07) is 11.4. The molecule has 2 aromatic rings. The van der Waals surface area contributed by atoms with Crippen LogP contribution in [0.25, 0.3) is 0 Å². The first kappa shape index (κ1) is 35.6. The summed E-state index contributed by atoms with van der Waals surface area (Å²) in [6.45, 7) is 8.61. The van der Waals surface area contributed by atoms with Crippen molar-refractivity contribution in [3.8, 4) is 11.5 Å². The summed E-state index contributed by atoms with van der Waals surface area (Å²) < 4.78 is 0. The molecule has 0 saturated heterocycles. The molecule has 0 aliphatic carbocycles. The second-order valence-electron chi connectivity index (χ2n) is 12.3. The molecule has 2 aromatic carbocycles. The molecule has 42 heavy (non-hydrogen) atoms. The van der Waals surface area contributed by atoms with Gasteiger partial charge in [0.2, 0.25) is 0 Å². The summed E-state index contributed by atoms with van der Waals surface area (Å²) in [5.74, 6) is 0.508. The normalized spacial score (nSPS) is 12.3. The molecule has 234 valence electrons. The van der Waals surface area contributed by atoms with Crippen LogP contribution in [-0.4, -0.2) is 21.6 Å². The van der Waals surface area contributed by atoms with Gasteiger partial charge in [0.15, 0.2) is 0 Å².